The maximum Gasteiger partial charge on any atom is 0.0795 e. The highest BCUT2D eigenvalue weighted by Gasteiger charge is 2.38. The van der Waals surface area contributed by atoms with E-state index in [0.29, 0.717) is 0 Å². The normalized spacial score (nSPS) is 15.6. The van der Waals surface area contributed by atoms with Gasteiger partial charge in [0.05, 0.1) is 22.1 Å². The molecule has 11 rings (SSSR count). The second-order valence-electron chi connectivity index (χ2n) is 16.0. The number of nitrogens with zero attached hydrogens (tertiary/aromatic N) is 2. The summed E-state index contributed by atoms with van der Waals surface area (Å²) in [7, 11) is 0. The minimum Gasteiger partial charge on any atom is -0.307 e. The van der Waals surface area contributed by atoms with Crippen LogP contribution in [0.4, 0.5) is 0 Å². The fourth-order valence-electron chi connectivity index (χ4n) is 9.47. The Morgan fingerprint density at radius 2 is 0.980 bits per heavy atom. The molecule has 0 atom stereocenters. The van der Waals surface area contributed by atoms with Gasteiger partial charge in [-0.1, -0.05) is 107 Å². The minimum atomic E-state index is 0.0875. The summed E-state index contributed by atoms with van der Waals surface area (Å²) >= 11 is 1.89. The highest BCUT2D eigenvalue weighted by molar-refractivity contribution is 7.25. The molecule has 0 N–H and O–H groups in total. The van der Waals surface area contributed by atoms with Gasteiger partial charge in [0.25, 0.3) is 0 Å². The summed E-state index contributed by atoms with van der Waals surface area (Å²) in [5.41, 5.74) is 10.6. The predicted molar refractivity (Wildman–Crippen MR) is 221 cm³/mol. The van der Waals surface area contributed by atoms with Gasteiger partial charge in [-0.15, -0.1) is 11.3 Å². The lowest BCUT2D eigenvalue weighted by molar-refractivity contribution is 0.332. The molecule has 10 aromatic rings. The van der Waals surface area contributed by atoms with Crippen LogP contribution in [-0.4, -0.2) is 9.13 Å². The smallest absolute Gasteiger partial charge is 0.0795 e. The fraction of sp³-hybridized carbons (Fsp3) is 0.167. The van der Waals surface area contributed by atoms with Gasteiger partial charge in [-0.05, 0) is 100 Å². The molecule has 2 nitrogen and oxygen atoms in total. The van der Waals surface area contributed by atoms with Crippen molar-refractivity contribution in [3.05, 3.63) is 145 Å². The first-order valence-corrected chi connectivity index (χ1v) is 19.1. The molecule has 0 amide bonds. The van der Waals surface area contributed by atoms with Gasteiger partial charge in [-0.3, -0.25) is 0 Å². The fourth-order valence-corrected chi connectivity index (χ4v) is 10.6. The molecule has 0 fully saturated rings. The number of hydrogen-bond acceptors (Lipinski definition) is 1. The number of thiophene rings is 1. The van der Waals surface area contributed by atoms with Crippen LogP contribution in [0.5, 0.6) is 0 Å². The molecule has 1 aliphatic carbocycles. The molecule has 3 aromatic heterocycles. The molecule has 0 saturated heterocycles. The molecule has 0 aliphatic heterocycles. The monoisotopic (exact) mass is 674 g/mol. The molecule has 0 radical (unpaired) electrons. The van der Waals surface area contributed by atoms with Crippen LogP contribution in [0.3, 0.4) is 0 Å². The number of para-hydroxylation sites is 2. The van der Waals surface area contributed by atoms with E-state index >= 15 is 0 Å². The molecule has 3 heteroatoms. The van der Waals surface area contributed by atoms with Crippen LogP contribution in [0, 0.1) is 0 Å². The van der Waals surface area contributed by atoms with E-state index in [-0.39, 0.29) is 10.8 Å². The quantitative estimate of drug-likeness (QED) is 0.173. The third-order valence-electron chi connectivity index (χ3n) is 12.1. The van der Waals surface area contributed by atoms with Crippen LogP contribution in [0.25, 0.3) is 85.9 Å². The molecular formula is C48H38N2S. The first-order chi connectivity index (χ1) is 24.8. The molecule has 246 valence electrons. The maximum atomic E-state index is 2.63. The average Bonchev–Trinajstić information content (AvgIpc) is 3.81. The number of rotatable bonds is 2. The van der Waals surface area contributed by atoms with E-state index in [1.54, 1.807) is 0 Å². The van der Waals surface area contributed by atoms with Crippen molar-refractivity contribution >= 4 is 85.9 Å². The molecular weight excluding hydrogens is 637 g/mol. The SMILES string of the molecule is CC1(C)CCC(C)(C)c2cc3c(cc21)c1c2ccccc2c2c4ccccc4n(-c4ccccc4)c2c1n3-c1ccc2sc3ccccc3c2c1. The average molecular weight is 675 g/mol. The lowest BCUT2D eigenvalue weighted by Crippen LogP contribution is -2.33. The van der Waals surface area contributed by atoms with E-state index in [2.05, 4.69) is 170 Å². The molecule has 51 heavy (non-hydrogen) atoms. The second kappa shape index (κ2) is 10.1. The zero-order valence-corrected chi connectivity index (χ0v) is 30.2. The first kappa shape index (κ1) is 29.4. The summed E-state index contributed by atoms with van der Waals surface area (Å²) in [6, 6.07) is 50.3. The van der Waals surface area contributed by atoms with Crippen LogP contribution in [-0.2, 0) is 10.8 Å². The largest absolute Gasteiger partial charge is 0.307 e. The van der Waals surface area contributed by atoms with E-state index in [1.807, 2.05) is 11.3 Å². The van der Waals surface area contributed by atoms with E-state index < -0.39 is 0 Å². The van der Waals surface area contributed by atoms with Gasteiger partial charge in [0.15, 0.2) is 0 Å². The van der Waals surface area contributed by atoms with Crippen molar-refractivity contribution in [1.29, 1.82) is 0 Å². The van der Waals surface area contributed by atoms with Crippen LogP contribution in [0.2, 0.25) is 0 Å². The summed E-state index contributed by atoms with van der Waals surface area (Å²) < 4.78 is 7.82. The van der Waals surface area contributed by atoms with E-state index in [0.717, 1.165) is 0 Å². The van der Waals surface area contributed by atoms with Gasteiger partial charge in [0, 0.05) is 53.1 Å². The Morgan fingerprint density at radius 3 is 1.71 bits per heavy atom. The zero-order valence-electron chi connectivity index (χ0n) is 29.4. The molecule has 7 aromatic carbocycles. The first-order valence-electron chi connectivity index (χ1n) is 18.2. The zero-order chi connectivity index (χ0) is 34.2. The summed E-state index contributed by atoms with van der Waals surface area (Å²) in [6.07, 6.45) is 2.37. The highest BCUT2D eigenvalue weighted by Crippen LogP contribution is 2.52. The van der Waals surface area contributed by atoms with E-state index in [1.165, 1.54) is 110 Å². The van der Waals surface area contributed by atoms with Crippen LogP contribution < -0.4 is 0 Å². The van der Waals surface area contributed by atoms with Crippen LogP contribution >= 0.6 is 11.3 Å². The Kier molecular flexibility index (Phi) is 5.82. The summed E-state index contributed by atoms with van der Waals surface area (Å²) in [6.45, 7) is 9.80. The number of hydrogen-bond donors (Lipinski definition) is 0. The van der Waals surface area contributed by atoms with Gasteiger partial charge in [-0.2, -0.15) is 0 Å². The summed E-state index contributed by atoms with van der Waals surface area (Å²) in [5, 5.41) is 10.5. The Labute approximate surface area is 301 Å². The number of benzene rings is 7. The van der Waals surface area contributed by atoms with E-state index in [4.69, 9.17) is 0 Å². The van der Waals surface area contributed by atoms with Crippen LogP contribution in [0.1, 0.15) is 51.7 Å². The summed E-state index contributed by atoms with van der Waals surface area (Å²) in [4.78, 5) is 0. The van der Waals surface area contributed by atoms with Crippen molar-refractivity contribution in [3.63, 3.8) is 0 Å². The minimum absolute atomic E-state index is 0.0875. The molecule has 0 bridgehead atoms. The van der Waals surface area contributed by atoms with Crippen molar-refractivity contribution in [2.75, 3.05) is 0 Å². The molecule has 0 spiro atoms. The van der Waals surface area contributed by atoms with Crippen molar-refractivity contribution in [3.8, 4) is 11.4 Å². The number of fused-ring (bicyclic) bond motifs is 14. The van der Waals surface area contributed by atoms with E-state index in [9.17, 15) is 0 Å². The van der Waals surface area contributed by atoms with Crippen molar-refractivity contribution < 1.29 is 0 Å². The Balaban J connectivity index is 1.44. The standard InChI is InChI=1S/C48H38N2S/c1-47(2)24-25-48(3,4)38-28-40-36(27-37(38)47)44-33-18-9-8-17-32(33)43-34-19-10-12-20-39(34)49(29-14-6-5-7-15-29)45(43)46(44)50(40)30-22-23-42-35(26-30)31-16-11-13-21-41(31)51-42/h5-23,26-28H,24-25H2,1-4H3. The lowest BCUT2D eigenvalue weighted by atomic mass is 9.63. The number of aromatic nitrogens is 2. The predicted octanol–water partition coefficient (Wildman–Crippen LogP) is 13.8. The van der Waals surface area contributed by atoms with Crippen molar-refractivity contribution in [2.45, 2.75) is 51.4 Å². The van der Waals surface area contributed by atoms with Crippen molar-refractivity contribution in [1.82, 2.24) is 9.13 Å². The van der Waals surface area contributed by atoms with Gasteiger partial charge in [0.2, 0.25) is 0 Å². The Bertz CT molecular complexity index is 3080. The molecule has 1 aliphatic rings. The topological polar surface area (TPSA) is 9.86 Å². The highest BCUT2D eigenvalue weighted by atomic mass is 32.1. The maximum absolute atomic E-state index is 2.63. The third-order valence-corrected chi connectivity index (χ3v) is 13.3. The lowest BCUT2D eigenvalue weighted by Gasteiger charge is -2.42. The molecule has 0 unspecified atom stereocenters. The molecule has 0 saturated carbocycles. The Hall–Kier alpha value is -5.38. The van der Waals surface area contributed by atoms with Gasteiger partial charge in [-0.25, -0.2) is 0 Å². The van der Waals surface area contributed by atoms with Gasteiger partial charge >= 0.3 is 0 Å². The molecule has 3 heterocycles. The van der Waals surface area contributed by atoms with Crippen molar-refractivity contribution in [2.24, 2.45) is 0 Å². The van der Waals surface area contributed by atoms with Gasteiger partial charge < -0.3 is 9.13 Å². The third kappa shape index (κ3) is 3.93. The van der Waals surface area contributed by atoms with Crippen LogP contribution in [0.15, 0.2) is 133 Å². The second-order valence-corrected chi connectivity index (χ2v) is 17.1. The summed E-state index contributed by atoms with van der Waals surface area (Å²) in [5.74, 6) is 0. The Morgan fingerprint density at radius 1 is 0.431 bits per heavy atom. The van der Waals surface area contributed by atoms with Gasteiger partial charge in [0.1, 0.15) is 0 Å².